The molecule has 0 aromatic heterocycles. The van der Waals surface area contributed by atoms with E-state index in [0.29, 0.717) is 12.6 Å². The first kappa shape index (κ1) is 22.4. The molecule has 0 radical (unpaired) electrons. The molecule has 0 saturated carbocycles. The van der Waals surface area contributed by atoms with Crippen LogP contribution in [0.3, 0.4) is 0 Å². The van der Waals surface area contributed by atoms with Crippen molar-refractivity contribution in [3.05, 3.63) is 0 Å². The number of aliphatic imine (C=N–C) groups is 1. The minimum Gasteiger partial charge on any atom is -0.469 e. The Bertz CT molecular complexity index is 454. The van der Waals surface area contributed by atoms with Crippen LogP contribution in [0.15, 0.2) is 4.99 Å². The van der Waals surface area contributed by atoms with Gasteiger partial charge in [0.2, 0.25) is 0 Å². The zero-order valence-corrected chi connectivity index (χ0v) is 18.5. The van der Waals surface area contributed by atoms with Crippen molar-refractivity contribution in [3.63, 3.8) is 0 Å². The van der Waals surface area contributed by atoms with E-state index >= 15 is 0 Å². The Hall–Kier alpha value is -0.610. The van der Waals surface area contributed by atoms with Crippen molar-refractivity contribution < 1.29 is 9.53 Å². The number of carbonyl (C=O) groups is 1. The molecule has 25 heavy (non-hydrogen) atoms. The molecular weight excluding hydrogens is 433 g/mol. The molecule has 1 N–H and O–H groups in total. The molecule has 2 aliphatic heterocycles. The van der Waals surface area contributed by atoms with Gasteiger partial charge in [-0.3, -0.25) is 14.7 Å². The SMILES string of the molecule is CN=C(NCC(C)N1CCN(C)CC1)N1CC(C)C(C(=O)OC)C1.I. The topological polar surface area (TPSA) is 60.4 Å². The molecule has 0 aliphatic carbocycles. The summed E-state index contributed by atoms with van der Waals surface area (Å²) in [6.45, 7) is 11.2. The van der Waals surface area contributed by atoms with Gasteiger partial charge in [-0.05, 0) is 19.9 Å². The van der Waals surface area contributed by atoms with Gasteiger partial charge in [0.05, 0.1) is 13.0 Å². The number of nitrogens with zero attached hydrogens (tertiary/aromatic N) is 4. The molecular formula is C17H34IN5O2. The van der Waals surface area contributed by atoms with Crippen LogP contribution in [0.25, 0.3) is 0 Å². The maximum Gasteiger partial charge on any atom is 0.310 e. The number of nitrogens with one attached hydrogen (secondary N) is 1. The van der Waals surface area contributed by atoms with Crippen LogP contribution in [0.5, 0.6) is 0 Å². The van der Waals surface area contributed by atoms with E-state index in [1.165, 1.54) is 7.11 Å². The van der Waals surface area contributed by atoms with Crippen LogP contribution in [0.2, 0.25) is 0 Å². The number of carbonyl (C=O) groups excluding carboxylic acids is 1. The van der Waals surface area contributed by atoms with E-state index in [-0.39, 0.29) is 41.8 Å². The second-order valence-electron chi connectivity index (χ2n) is 7.13. The lowest BCUT2D eigenvalue weighted by molar-refractivity contribution is -0.145. The minimum absolute atomic E-state index is 0. The maximum absolute atomic E-state index is 11.9. The molecule has 146 valence electrons. The van der Waals surface area contributed by atoms with Crippen LogP contribution >= 0.6 is 24.0 Å². The summed E-state index contributed by atoms with van der Waals surface area (Å²) in [6, 6.07) is 0.465. The molecule has 0 spiro atoms. The van der Waals surface area contributed by atoms with E-state index in [1.807, 2.05) is 0 Å². The standard InChI is InChI=1S/C17H33N5O2.HI/c1-13-11-22(12-15(13)16(23)24-5)17(18-3)19-10-14(2)21-8-6-20(4)7-9-21;/h13-15H,6-12H2,1-5H3,(H,18,19);1H. The number of hydrogen-bond donors (Lipinski definition) is 1. The number of likely N-dealkylation sites (N-methyl/N-ethyl adjacent to an activating group) is 1. The summed E-state index contributed by atoms with van der Waals surface area (Å²) in [4.78, 5) is 23.3. The van der Waals surface area contributed by atoms with Gasteiger partial charge in [-0.1, -0.05) is 6.92 Å². The Morgan fingerprint density at radius 1 is 1.28 bits per heavy atom. The van der Waals surface area contributed by atoms with Crippen LogP contribution in [0, 0.1) is 11.8 Å². The predicted molar refractivity (Wildman–Crippen MR) is 112 cm³/mol. The van der Waals surface area contributed by atoms with Gasteiger partial charge in [0.15, 0.2) is 5.96 Å². The van der Waals surface area contributed by atoms with Crippen LogP contribution in [-0.4, -0.2) is 99.7 Å². The average molecular weight is 467 g/mol. The van der Waals surface area contributed by atoms with E-state index in [1.54, 1.807) is 7.05 Å². The monoisotopic (exact) mass is 467 g/mol. The fourth-order valence-electron chi connectivity index (χ4n) is 3.56. The number of methoxy groups -OCH3 is 1. The quantitative estimate of drug-likeness (QED) is 0.282. The number of hydrogen-bond acceptors (Lipinski definition) is 5. The van der Waals surface area contributed by atoms with E-state index < -0.39 is 0 Å². The van der Waals surface area contributed by atoms with Gasteiger partial charge in [-0.25, -0.2) is 0 Å². The zero-order chi connectivity index (χ0) is 17.7. The number of likely N-dealkylation sites (tertiary alicyclic amines) is 1. The van der Waals surface area contributed by atoms with Gasteiger partial charge in [0.25, 0.3) is 0 Å². The van der Waals surface area contributed by atoms with Crippen LogP contribution in [-0.2, 0) is 9.53 Å². The van der Waals surface area contributed by atoms with Gasteiger partial charge >= 0.3 is 5.97 Å². The third-order valence-corrected chi connectivity index (χ3v) is 5.34. The highest BCUT2D eigenvalue weighted by atomic mass is 127. The largest absolute Gasteiger partial charge is 0.469 e. The molecule has 2 fully saturated rings. The van der Waals surface area contributed by atoms with E-state index in [0.717, 1.165) is 45.2 Å². The molecule has 8 heteroatoms. The molecule has 0 aromatic rings. The van der Waals surface area contributed by atoms with Crippen molar-refractivity contribution in [1.82, 2.24) is 20.0 Å². The first-order valence-corrected chi connectivity index (χ1v) is 8.92. The van der Waals surface area contributed by atoms with Crippen LogP contribution in [0.1, 0.15) is 13.8 Å². The van der Waals surface area contributed by atoms with E-state index in [2.05, 4.69) is 45.9 Å². The number of esters is 1. The van der Waals surface area contributed by atoms with Gasteiger partial charge in [0.1, 0.15) is 0 Å². The Kier molecular flexibility index (Phi) is 9.44. The molecule has 2 heterocycles. The lowest BCUT2D eigenvalue weighted by atomic mass is 9.99. The summed E-state index contributed by atoms with van der Waals surface area (Å²) in [5, 5.41) is 3.49. The fourth-order valence-corrected chi connectivity index (χ4v) is 3.56. The second kappa shape index (κ2) is 10.5. The maximum atomic E-state index is 11.9. The molecule has 2 saturated heterocycles. The van der Waals surface area contributed by atoms with Crippen LogP contribution in [0.4, 0.5) is 0 Å². The third kappa shape index (κ3) is 5.96. The molecule has 0 aromatic carbocycles. The molecule has 3 atom stereocenters. The Morgan fingerprint density at radius 3 is 2.48 bits per heavy atom. The average Bonchev–Trinajstić information content (AvgIpc) is 2.96. The smallest absolute Gasteiger partial charge is 0.310 e. The molecule has 0 bridgehead atoms. The normalized spacial score (nSPS) is 26.9. The summed E-state index contributed by atoms with van der Waals surface area (Å²) in [5.74, 6) is 0.982. The van der Waals surface area contributed by atoms with Gasteiger partial charge < -0.3 is 19.9 Å². The van der Waals surface area contributed by atoms with Crippen molar-refractivity contribution in [1.29, 1.82) is 0 Å². The highest BCUT2D eigenvalue weighted by Gasteiger charge is 2.37. The molecule has 7 nitrogen and oxygen atoms in total. The van der Waals surface area contributed by atoms with Crippen molar-refractivity contribution in [2.45, 2.75) is 19.9 Å². The lowest BCUT2D eigenvalue weighted by Gasteiger charge is -2.37. The highest BCUT2D eigenvalue weighted by molar-refractivity contribution is 14.0. The first-order chi connectivity index (χ1) is 11.5. The summed E-state index contributed by atoms with van der Waals surface area (Å²) in [7, 11) is 5.44. The number of piperazine rings is 1. The number of halogens is 1. The van der Waals surface area contributed by atoms with Gasteiger partial charge in [-0.15, -0.1) is 24.0 Å². The summed E-state index contributed by atoms with van der Waals surface area (Å²) >= 11 is 0. The molecule has 3 unspecified atom stereocenters. The number of ether oxygens (including phenoxy) is 1. The van der Waals surface area contributed by atoms with Crippen molar-refractivity contribution >= 4 is 35.9 Å². The Labute approximate surface area is 169 Å². The highest BCUT2D eigenvalue weighted by Crippen LogP contribution is 2.24. The zero-order valence-electron chi connectivity index (χ0n) is 16.2. The number of guanidine groups is 1. The fraction of sp³-hybridized carbons (Fsp3) is 0.882. The van der Waals surface area contributed by atoms with Gasteiger partial charge in [-0.2, -0.15) is 0 Å². The van der Waals surface area contributed by atoms with E-state index in [9.17, 15) is 4.79 Å². The van der Waals surface area contributed by atoms with Crippen molar-refractivity contribution in [2.24, 2.45) is 16.8 Å². The summed E-state index contributed by atoms with van der Waals surface area (Å²) in [5.41, 5.74) is 0. The predicted octanol–water partition coefficient (Wildman–Crippen LogP) is 0.557. The van der Waals surface area contributed by atoms with E-state index in [4.69, 9.17) is 4.74 Å². The van der Waals surface area contributed by atoms with Gasteiger partial charge in [0, 0.05) is 58.9 Å². The third-order valence-electron chi connectivity index (χ3n) is 5.34. The lowest BCUT2D eigenvalue weighted by Crippen LogP contribution is -2.52. The summed E-state index contributed by atoms with van der Waals surface area (Å²) < 4.78 is 4.92. The van der Waals surface area contributed by atoms with Crippen LogP contribution < -0.4 is 5.32 Å². The second-order valence-corrected chi connectivity index (χ2v) is 7.13. The summed E-state index contributed by atoms with van der Waals surface area (Å²) in [6.07, 6.45) is 0. The molecule has 2 rings (SSSR count). The minimum atomic E-state index is -0.119. The van der Waals surface area contributed by atoms with Crippen molar-refractivity contribution in [3.8, 4) is 0 Å². The Morgan fingerprint density at radius 2 is 1.92 bits per heavy atom. The number of rotatable bonds is 4. The molecule has 0 amide bonds. The Balaban J connectivity index is 0.00000312. The van der Waals surface area contributed by atoms with Crippen molar-refractivity contribution in [2.75, 3.05) is 67.0 Å². The first-order valence-electron chi connectivity index (χ1n) is 8.92. The molecule has 2 aliphatic rings.